The van der Waals surface area contributed by atoms with Crippen molar-refractivity contribution < 1.29 is 13.6 Å². The molecule has 0 amide bonds. The highest BCUT2D eigenvalue weighted by Gasteiger charge is 2.15. The molecule has 0 bridgehead atoms. The van der Waals surface area contributed by atoms with Crippen LogP contribution >= 0.6 is 11.6 Å². The second-order valence-corrected chi connectivity index (χ2v) is 4.38. The first-order valence-corrected chi connectivity index (χ1v) is 5.86. The summed E-state index contributed by atoms with van der Waals surface area (Å²) in [7, 11) is 0. The van der Waals surface area contributed by atoms with Crippen LogP contribution in [0.1, 0.15) is 16.1 Å². The zero-order valence-electron chi connectivity index (χ0n) is 9.56. The molecule has 2 heterocycles. The predicted molar refractivity (Wildman–Crippen MR) is 68.9 cm³/mol. The maximum atomic E-state index is 13.1. The molecule has 0 aliphatic carbocycles. The van der Waals surface area contributed by atoms with Gasteiger partial charge in [-0.3, -0.25) is 4.79 Å². The first-order valence-electron chi connectivity index (χ1n) is 5.49. The molecule has 1 aromatic carbocycles. The number of pyridine rings is 1. The van der Waals surface area contributed by atoms with E-state index in [1.807, 2.05) is 0 Å². The molecule has 2 aromatic heterocycles. The highest BCUT2D eigenvalue weighted by Crippen LogP contribution is 2.22. The molecular formula is C14H7ClFNO2. The quantitative estimate of drug-likeness (QED) is 0.527. The fourth-order valence-electron chi connectivity index (χ4n) is 1.78. The number of fused-ring (bicyclic) bond motifs is 1. The van der Waals surface area contributed by atoms with Gasteiger partial charge in [0.2, 0.25) is 5.78 Å². The molecule has 0 saturated carbocycles. The summed E-state index contributed by atoms with van der Waals surface area (Å²) >= 11 is 5.66. The standard InChI is InChI=1S/C14H7ClFNO2/c15-13-4-1-8(7-17-13)14(18)12-6-9-5-10(16)2-3-11(9)19-12/h1-7H. The molecule has 0 unspecified atom stereocenters. The number of carbonyl (C=O) groups excluding carboxylic acids is 1. The predicted octanol–water partition coefficient (Wildman–Crippen LogP) is 3.85. The van der Waals surface area contributed by atoms with Crippen molar-refractivity contribution in [3.05, 3.63) is 64.9 Å². The second-order valence-electron chi connectivity index (χ2n) is 3.99. The smallest absolute Gasteiger partial charge is 0.229 e. The minimum atomic E-state index is -0.375. The molecule has 19 heavy (non-hydrogen) atoms. The van der Waals surface area contributed by atoms with Crippen molar-refractivity contribution in [2.75, 3.05) is 0 Å². The van der Waals surface area contributed by atoms with E-state index >= 15 is 0 Å². The van der Waals surface area contributed by atoms with Crippen LogP contribution in [0.4, 0.5) is 4.39 Å². The molecule has 0 fully saturated rings. The molecule has 5 heteroatoms. The number of furan rings is 1. The Morgan fingerprint density at radius 3 is 2.79 bits per heavy atom. The minimum Gasteiger partial charge on any atom is -0.453 e. The molecule has 3 aromatic rings. The van der Waals surface area contributed by atoms with E-state index in [-0.39, 0.29) is 17.4 Å². The Kier molecular flexibility index (Phi) is 2.80. The van der Waals surface area contributed by atoms with Crippen LogP contribution in [0.2, 0.25) is 5.15 Å². The third kappa shape index (κ3) is 2.22. The van der Waals surface area contributed by atoms with E-state index in [1.54, 1.807) is 6.07 Å². The van der Waals surface area contributed by atoms with Crippen LogP contribution in [0.3, 0.4) is 0 Å². The molecule has 0 spiro atoms. The Morgan fingerprint density at radius 1 is 1.21 bits per heavy atom. The number of nitrogens with zero attached hydrogens (tertiary/aromatic N) is 1. The Hall–Kier alpha value is -2.20. The molecule has 0 saturated heterocycles. The van der Waals surface area contributed by atoms with Gasteiger partial charge in [0.25, 0.3) is 0 Å². The average molecular weight is 276 g/mol. The molecule has 94 valence electrons. The summed E-state index contributed by atoms with van der Waals surface area (Å²) in [6, 6.07) is 8.68. The van der Waals surface area contributed by atoms with Crippen LogP contribution in [-0.4, -0.2) is 10.8 Å². The lowest BCUT2D eigenvalue weighted by molar-refractivity contribution is 0.101. The maximum absolute atomic E-state index is 13.1. The fourth-order valence-corrected chi connectivity index (χ4v) is 1.89. The summed E-state index contributed by atoms with van der Waals surface area (Å²) in [6.07, 6.45) is 1.37. The van der Waals surface area contributed by atoms with E-state index in [4.69, 9.17) is 16.0 Å². The third-order valence-electron chi connectivity index (χ3n) is 2.69. The van der Waals surface area contributed by atoms with Gasteiger partial charge in [0.1, 0.15) is 16.6 Å². The van der Waals surface area contributed by atoms with Crippen molar-refractivity contribution in [3.8, 4) is 0 Å². The number of benzene rings is 1. The Labute approximate surface area is 112 Å². The van der Waals surface area contributed by atoms with Crippen molar-refractivity contribution in [2.24, 2.45) is 0 Å². The molecule has 0 N–H and O–H groups in total. The van der Waals surface area contributed by atoms with E-state index in [9.17, 15) is 9.18 Å². The number of rotatable bonds is 2. The van der Waals surface area contributed by atoms with Crippen LogP contribution in [-0.2, 0) is 0 Å². The van der Waals surface area contributed by atoms with Crippen LogP contribution in [0, 0.1) is 5.82 Å². The largest absolute Gasteiger partial charge is 0.453 e. The molecule has 3 rings (SSSR count). The number of hydrogen-bond acceptors (Lipinski definition) is 3. The summed E-state index contributed by atoms with van der Waals surface area (Å²) < 4.78 is 18.5. The average Bonchev–Trinajstić information content (AvgIpc) is 2.81. The van der Waals surface area contributed by atoms with E-state index in [1.165, 1.54) is 36.5 Å². The highest BCUT2D eigenvalue weighted by molar-refractivity contribution is 6.29. The van der Waals surface area contributed by atoms with Gasteiger partial charge in [-0.2, -0.15) is 0 Å². The number of aromatic nitrogens is 1. The lowest BCUT2D eigenvalue weighted by Crippen LogP contribution is -1.99. The number of hydrogen-bond donors (Lipinski definition) is 0. The van der Waals surface area contributed by atoms with Crippen molar-refractivity contribution >= 4 is 28.4 Å². The van der Waals surface area contributed by atoms with E-state index in [2.05, 4.69) is 4.98 Å². The summed E-state index contributed by atoms with van der Waals surface area (Å²) in [5, 5.41) is 0.855. The monoisotopic (exact) mass is 275 g/mol. The lowest BCUT2D eigenvalue weighted by Gasteiger charge is -1.96. The van der Waals surface area contributed by atoms with E-state index in [0.717, 1.165) is 0 Å². The summed E-state index contributed by atoms with van der Waals surface area (Å²) in [5.74, 6) is -0.550. The molecule has 0 aliphatic rings. The number of halogens is 2. The van der Waals surface area contributed by atoms with Gasteiger partial charge < -0.3 is 4.42 Å². The SMILES string of the molecule is O=C(c1ccc(Cl)nc1)c1cc2cc(F)ccc2o1. The molecule has 0 aliphatic heterocycles. The summed E-state index contributed by atoms with van der Waals surface area (Å²) in [5.41, 5.74) is 0.829. The number of ketones is 1. The Morgan fingerprint density at radius 2 is 2.05 bits per heavy atom. The van der Waals surface area contributed by atoms with Crippen LogP contribution in [0.15, 0.2) is 47.0 Å². The van der Waals surface area contributed by atoms with Gasteiger partial charge in [-0.1, -0.05) is 11.6 Å². The number of carbonyl (C=O) groups is 1. The van der Waals surface area contributed by atoms with Gasteiger partial charge in [0.15, 0.2) is 5.76 Å². The van der Waals surface area contributed by atoms with E-state index < -0.39 is 0 Å². The van der Waals surface area contributed by atoms with Gasteiger partial charge in [0, 0.05) is 17.1 Å². The maximum Gasteiger partial charge on any atom is 0.229 e. The zero-order valence-corrected chi connectivity index (χ0v) is 10.3. The highest BCUT2D eigenvalue weighted by atomic mass is 35.5. The Bertz CT molecular complexity index is 765. The fraction of sp³-hybridized carbons (Fsp3) is 0. The lowest BCUT2D eigenvalue weighted by atomic mass is 10.1. The zero-order chi connectivity index (χ0) is 13.4. The molecule has 0 atom stereocenters. The van der Waals surface area contributed by atoms with Crippen LogP contribution < -0.4 is 0 Å². The first-order chi connectivity index (χ1) is 9.13. The van der Waals surface area contributed by atoms with Gasteiger partial charge in [-0.05, 0) is 36.4 Å². The first kappa shape index (κ1) is 11.9. The van der Waals surface area contributed by atoms with Gasteiger partial charge in [-0.15, -0.1) is 0 Å². The van der Waals surface area contributed by atoms with Gasteiger partial charge in [-0.25, -0.2) is 9.37 Å². The topological polar surface area (TPSA) is 43.1 Å². The van der Waals surface area contributed by atoms with Gasteiger partial charge >= 0.3 is 0 Å². The molecule has 0 radical (unpaired) electrons. The normalized spacial score (nSPS) is 10.8. The van der Waals surface area contributed by atoms with Crippen molar-refractivity contribution in [2.45, 2.75) is 0 Å². The minimum absolute atomic E-state index is 0.143. The second kappa shape index (κ2) is 4.48. The Balaban J connectivity index is 2.04. The summed E-state index contributed by atoms with van der Waals surface area (Å²) in [6.45, 7) is 0. The summed E-state index contributed by atoms with van der Waals surface area (Å²) in [4.78, 5) is 16.0. The van der Waals surface area contributed by atoms with Crippen molar-refractivity contribution in [1.29, 1.82) is 0 Å². The third-order valence-corrected chi connectivity index (χ3v) is 2.92. The molecular weight excluding hydrogens is 269 g/mol. The van der Waals surface area contributed by atoms with E-state index in [0.29, 0.717) is 21.7 Å². The van der Waals surface area contributed by atoms with Gasteiger partial charge in [0.05, 0.1) is 0 Å². The van der Waals surface area contributed by atoms with Crippen molar-refractivity contribution in [1.82, 2.24) is 4.98 Å². The van der Waals surface area contributed by atoms with Crippen molar-refractivity contribution in [3.63, 3.8) is 0 Å². The van der Waals surface area contributed by atoms with Crippen LogP contribution in [0.5, 0.6) is 0 Å². The molecule has 3 nitrogen and oxygen atoms in total. The van der Waals surface area contributed by atoms with Crippen LogP contribution in [0.25, 0.3) is 11.0 Å².